The van der Waals surface area contributed by atoms with Crippen LogP contribution >= 0.6 is 0 Å². The Labute approximate surface area is 171 Å². The molecule has 152 valence electrons. The van der Waals surface area contributed by atoms with E-state index in [4.69, 9.17) is 4.74 Å². The fourth-order valence-corrected chi connectivity index (χ4v) is 4.53. The van der Waals surface area contributed by atoms with E-state index in [0.29, 0.717) is 18.2 Å². The highest BCUT2D eigenvalue weighted by Crippen LogP contribution is 2.33. The van der Waals surface area contributed by atoms with Gasteiger partial charge < -0.3 is 15.0 Å². The zero-order valence-electron chi connectivity index (χ0n) is 17.0. The van der Waals surface area contributed by atoms with Gasteiger partial charge in [0.05, 0.1) is 11.3 Å². The predicted molar refractivity (Wildman–Crippen MR) is 111 cm³/mol. The molecule has 1 aromatic heterocycles. The minimum absolute atomic E-state index is 0.0656. The van der Waals surface area contributed by atoms with Crippen molar-refractivity contribution in [3.63, 3.8) is 0 Å². The van der Waals surface area contributed by atoms with Crippen molar-refractivity contribution in [3.8, 4) is 5.75 Å². The van der Waals surface area contributed by atoms with Gasteiger partial charge in [0, 0.05) is 57.8 Å². The zero-order chi connectivity index (χ0) is 20.0. The second kappa shape index (κ2) is 7.30. The molecule has 0 bridgehead atoms. The van der Waals surface area contributed by atoms with E-state index in [9.17, 15) is 4.79 Å². The first kappa shape index (κ1) is 18.4. The third-order valence-electron chi connectivity index (χ3n) is 6.30. The van der Waals surface area contributed by atoms with Crippen LogP contribution < -0.4 is 15.0 Å². The molecule has 1 amide bonds. The van der Waals surface area contributed by atoms with Crippen molar-refractivity contribution >= 4 is 11.9 Å². The van der Waals surface area contributed by atoms with Gasteiger partial charge in [-0.3, -0.25) is 9.69 Å². The molecule has 0 aliphatic carbocycles. The number of piperazine rings is 1. The molecule has 5 rings (SSSR count). The average molecular weight is 393 g/mol. The lowest BCUT2D eigenvalue weighted by Gasteiger charge is -2.38. The Morgan fingerprint density at radius 1 is 1.24 bits per heavy atom. The van der Waals surface area contributed by atoms with Gasteiger partial charge in [0.25, 0.3) is 5.91 Å². The summed E-state index contributed by atoms with van der Waals surface area (Å²) in [4.78, 5) is 25.8. The maximum atomic E-state index is 11.9. The van der Waals surface area contributed by atoms with E-state index in [1.54, 1.807) is 6.20 Å². The van der Waals surface area contributed by atoms with Crippen LogP contribution in [0.15, 0.2) is 24.4 Å². The minimum atomic E-state index is -0.0656. The van der Waals surface area contributed by atoms with Crippen molar-refractivity contribution in [2.75, 3.05) is 37.6 Å². The molecule has 7 heteroatoms. The smallest absolute Gasteiger partial charge is 0.254 e. The molecule has 1 N–H and O–H groups in total. The Kier molecular flexibility index (Phi) is 4.62. The molecule has 1 saturated heterocycles. The summed E-state index contributed by atoms with van der Waals surface area (Å²) in [6, 6.07) is 7.02. The summed E-state index contributed by atoms with van der Waals surface area (Å²) in [5.74, 6) is 1.72. The van der Waals surface area contributed by atoms with E-state index >= 15 is 0 Å². The number of hydrogen-bond donors (Lipinski definition) is 1. The highest BCUT2D eigenvalue weighted by molar-refractivity contribution is 5.96. The number of aromatic nitrogens is 2. The third kappa shape index (κ3) is 3.44. The van der Waals surface area contributed by atoms with Gasteiger partial charge in [-0.25, -0.2) is 9.97 Å². The highest BCUT2D eigenvalue weighted by Gasteiger charge is 2.27. The number of fused-ring (bicyclic) bond motifs is 2. The summed E-state index contributed by atoms with van der Waals surface area (Å²) in [5, 5.41) is 2.84. The van der Waals surface area contributed by atoms with Crippen LogP contribution in [0.25, 0.3) is 0 Å². The van der Waals surface area contributed by atoms with Crippen LogP contribution in [0.4, 0.5) is 5.95 Å². The van der Waals surface area contributed by atoms with Crippen LogP contribution in [0, 0.1) is 0 Å². The van der Waals surface area contributed by atoms with Crippen LogP contribution in [0.5, 0.6) is 5.75 Å². The van der Waals surface area contributed by atoms with Crippen molar-refractivity contribution in [2.45, 2.75) is 38.8 Å². The van der Waals surface area contributed by atoms with Gasteiger partial charge in [0.1, 0.15) is 11.9 Å². The molecule has 3 aliphatic heterocycles. The lowest BCUT2D eigenvalue weighted by Crippen LogP contribution is -2.48. The summed E-state index contributed by atoms with van der Waals surface area (Å²) >= 11 is 0. The second-order valence-corrected chi connectivity index (χ2v) is 8.24. The van der Waals surface area contributed by atoms with Crippen molar-refractivity contribution in [1.82, 2.24) is 20.2 Å². The molecule has 0 saturated carbocycles. The maximum Gasteiger partial charge on any atom is 0.254 e. The Morgan fingerprint density at radius 2 is 2.07 bits per heavy atom. The summed E-state index contributed by atoms with van der Waals surface area (Å²) in [7, 11) is 0. The standard InChI is InChI=1S/C22H27N5O2/c1-14-11-17-4-3-16(12-20(17)29-14)15(2)26-7-9-27(10-8-26)22-24-13-18-19(25-22)5-6-23-21(18)28/h3-4,12-15H,5-11H2,1-2H3,(H,23,28)/t14-,15+/m1/s1. The van der Waals surface area contributed by atoms with Gasteiger partial charge in [-0.15, -0.1) is 0 Å². The number of rotatable bonds is 3. The van der Waals surface area contributed by atoms with Crippen molar-refractivity contribution < 1.29 is 9.53 Å². The van der Waals surface area contributed by atoms with E-state index in [1.807, 2.05) is 0 Å². The first-order valence-electron chi connectivity index (χ1n) is 10.5. The zero-order valence-corrected chi connectivity index (χ0v) is 17.0. The van der Waals surface area contributed by atoms with Crippen LogP contribution in [0.1, 0.15) is 47.1 Å². The summed E-state index contributed by atoms with van der Waals surface area (Å²) in [6.07, 6.45) is 3.73. The molecule has 1 fully saturated rings. The molecule has 0 unspecified atom stereocenters. The van der Waals surface area contributed by atoms with Gasteiger partial charge in [0.15, 0.2) is 0 Å². The van der Waals surface area contributed by atoms with E-state index < -0.39 is 0 Å². The number of carbonyl (C=O) groups excluding carboxylic acids is 1. The fraction of sp³-hybridized carbons (Fsp3) is 0.500. The number of hydrogen-bond acceptors (Lipinski definition) is 6. The number of amides is 1. The van der Waals surface area contributed by atoms with Gasteiger partial charge in [-0.1, -0.05) is 12.1 Å². The van der Waals surface area contributed by atoms with Crippen LogP contribution in [-0.4, -0.2) is 59.6 Å². The minimum Gasteiger partial charge on any atom is -0.490 e. The van der Waals surface area contributed by atoms with Crippen LogP contribution in [0.3, 0.4) is 0 Å². The number of nitrogens with one attached hydrogen (secondary N) is 1. The highest BCUT2D eigenvalue weighted by atomic mass is 16.5. The van der Waals surface area contributed by atoms with E-state index in [-0.39, 0.29) is 12.0 Å². The van der Waals surface area contributed by atoms with E-state index in [2.05, 4.69) is 57.1 Å². The molecular formula is C22H27N5O2. The molecule has 2 atom stereocenters. The monoisotopic (exact) mass is 393 g/mol. The Bertz CT molecular complexity index is 939. The third-order valence-corrected chi connectivity index (χ3v) is 6.30. The normalized spacial score (nSPS) is 22.5. The lowest BCUT2D eigenvalue weighted by atomic mass is 10.0. The molecule has 1 aromatic carbocycles. The van der Waals surface area contributed by atoms with Gasteiger partial charge in [-0.2, -0.15) is 0 Å². The first-order valence-corrected chi connectivity index (χ1v) is 10.5. The number of anilines is 1. The largest absolute Gasteiger partial charge is 0.490 e. The Hall–Kier alpha value is -2.67. The van der Waals surface area contributed by atoms with Crippen molar-refractivity contribution in [3.05, 3.63) is 46.8 Å². The summed E-state index contributed by atoms with van der Waals surface area (Å²) < 4.78 is 5.94. The SMILES string of the molecule is C[C@@H]1Cc2ccc([C@H](C)N3CCN(c4ncc5c(n4)CCNC5=O)CC3)cc2O1. The molecule has 3 aliphatic rings. The van der Waals surface area contributed by atoms with Crippen molar-refractivity contribution in [1.29, 1.82) is 0 Å². The topological polar surface area (TPSA) is 70.6 Å². The lowest BCUT2D eigenvalue weighted by molar-refractivity contribution is 0.0944. The average Bonchev–Trinajstić information content (AvgIpc) is 3.12. The molecule has 0 radical (unpaired) electrons. The molecule has 29 heavy (non-hydrogen) atoms. The van der Waals surface area contributed by atoms with Gasteiger partial charge >= 0.3 is 0 Å². The molecule has 0 spiro atoms. The Morgan fingerprint density at radius 3 is 2.90 bits per heavy atom. The van der Waals surface area contributed by atoms with Gasteiger partial charge in [-0.05, 0) is 31.0 Å². The number of benzene rings is 1. The predicted octanol–water partition coefficient (Wildman–Crippen LogP) is 1.97. The van der Waals surface area contributed by atoms with Crippen LogP contribution in [-0.2, 0) is 12.8 Å². The van der Waals surface area contributed by atoms with Crippen molar-refractivity contribution in [2.24, 2.45) is 0 Å². The van der Waals surface area contributed by atoms with E-state index in [0.717, 1.165) is 56.4 Å². The fourth-order valence-electron chi connectivity index (χ4n) is 4.53. The second-order valence-electron chi connectivity index (χ2n) is 8.24. The summed E-state index contributed by atoms with van der Waals surface area (Å²) in [6.45, 7) is 8.71. The number of carbonyl (C=O) groups is 1. The summed E-state index contributed by atoms with van der Waals surface area (Å²) in [5.41, 5.74) is 4.10. The van der Waals surface area contributed by atoms with Crippen LogP contribution in [0.2, 0.25) is 0 Å². The van der Waals surface area contributed by atoms with E-state index in [1.165, 1.54) is 11.1 Å². The molecule has 7 nitrogen and oxygen atoms in total. The van der Waals surface area contributed by atoms with Gasteiger partial charge in [0.2, 0.25) is 5.95 Å². The first-order chi connectivity index (χ1) is 14.1. The number of nitrogens with zero attached hydrogens (tertiary/aromatic N) is 4. The maximum absolute atomic E-state index is 11.9. The molecular weight excluding hydrogens is 366 g/mol. The molecule has 2 aromatic rings. The quantitative estimate of drug-likeness (QED) is 0.860. The molecule has 4 heterocycles. The Balaban J connectivity index is 1.25. The number of ether oxygens (including phenoxy) is 1.